The van der Waals surface area contributed by atoms with Gasteiger partial charge in [0.1, 0.15) is 23.3 Å². The molecule has 1 N–H and O–H groups in total. The van der Waals surface area contributed by atoms with Crippen molar-refractivity contribution in [1.82, 2.24) is 5.16 Å². The first kappa shape index (κ1) is 14.2. The first-order chi connectivity index (χ1) is 9.56. The van der Waals surface area contributed by atoms with E-state index < -0.39 is 0 Å². The molecular weight excluding hydrogens is 284 g/mol. The van der Waals surface area contributed by atoms with Crippen LogP contribution in [0.3, 0.4) is 0 Å². The molecule has 0 radical (unpaired) electrons. The minimum atomic E-state index is -0.355. The maximum atomic E-state index is 12.1. The van der Waals surface area contributed by atoms with E-state index in [2.05, 4.69) is 10.5 Å². The number of ether oxygens (including phenoxy) is 2. The van der Waals surface area contributed by atoms with Crippen LogP contribution in [0.25, 0.3) is 0 Å². The molecule has 1 aromatic carbocycles. The van der Waals surface area contributed by atoms with E-state index >= 15 is 0 Å². The molecule has 106 valence electrons. The van der Waals surface area contributed by atoms with Crippen molar-refractivity contribution in [2.45, 2.75) is 6.92 Å². The molecule has 0 aliphatic heterocycles. The highest BCUT2D eigenvalue weighted by molar-refractivity contribution is 6.32. The minimum Gasteiger partial charge on any atom is -0.495 e. The molecule has 1 heterocycles. The molecular formula is C13H13ClN2O4. The van der Waals surface area contributed by atoms with Crippen LogP contribution in [0.4, 0.5) is 5.69 Å². The maximum absolute atomic E-state index is 12.1. The topological polar surface area (TPSA) is 73.6 Å². The molecule has 2 rings (SSSR count). The third-order valence-electron chi connectivity index (χ3n) is 2.72. The lowest BCUT2D eigenvalue weighted by molar-refractivity contribution is 0.102. The predicted molar refractivity (Wildman–Crippen MR) is 73.7 cm³/mol. The van der Waals surface area contributed by atoms with Gasteiger partial charge in [0.25, 0.3) is 5.91 Å². The Morgan fingerprint density at radius 1 is 1.30 bits per heavy atom. The largest absolute Gasteiger partial charge is 0.495 e. The van der Waals surface area contributed by atoms with Crippen molar-refractivity contribution in [2.75, 3.05) is 19.5 Å². The van der Waals surface area contributed by atoms with Crippen LogP contribution in [-0.4, -0.2) is 25.3 Å². The van der Waals surface area contributed by atoms with Gasteiger partial charge < -0.3 is 19.3 Å². The number of methoxy groups -OCH3 is 2. The average Bonchev–Trinajstić information content (AvgIpc) is 2.86. The second-order valence-corrected chi connectivity index (χ2v) is 4.36. The molecule has 6 nitrogen and oxygen atoms in total. The molecule has 0 aliphatic rings. The molecule has 0 fully saturated rings. The van der Waals surface area contributed by atoms with Crippen LogP contribution in [0.5, 0.6) is 11.5 Å². The Hall–Kier alpha value is -2.21. The first-order valence-electron chi connectivity index (χ1n) is 5.70. The lowest BCUT2D eigenvalue weighted by atomic mass is 10.2. The van der Waals surface area contributed by atoms with E-state index in [0.717, 1.165) is 0 Å². The number of anilines is 1. The van der Waals surface area contributed by atoms with Crippen LogP contribution in [0.2, 0.25) is 5.02 Å². The molecule has 1 amide bonds. The molecule has 0 atom stereocenters. The van der Waals surface area contributed by atoms with E-state index in [9.17, 15) is 4.79 Å². The fraction of sp³-hybridized carbons (Fsp3) is 0.231. The molecule has 0 aliphatic carbocycles. The first-order valence-corrected chi connectivity index (χ1v) is 6.08. The highest BCUT2D eigenvalue weighted by Gasteiger charge is 2.16. The van der Waals surface area contributed by atoms with Gasteiger partial charge >= 0.3 is 0 Å². The Balaban J connectivity index is 2.33. The van der Waals surface area contributed by atoms with Crippen LogP contribution < -0.4 is 14.8 Å². The molecule has 0 spiro atoms. The van der Waals surface area contributed by atoms with E-state index in [1.165, 1.54) is 20.5 Å². The molecule has 0 saturated heterocycles. The number of amides is 1. The van der Waals surface area contributed by atoms with Gasteiger partial charge in [-0.25, -0.2) is 0 Å². The number of aromatic nitrogens is 1. The van der Waals surface area contributed by atoms with E-state index in [4.69, 9.17) is 25.6 Å². The third-order valence-corrected chi connectivity index (χ3v) is 3.01. The number of carbonyl (C=O) groups is 1. The molecule has 1 aromatic heterocycles. The molecule has 2 aromatic rings. The number of rotatable bonds is 4. The summed E-state index contributed by atoms with van der Waals surface area (Å²) in [5, 5.41) is 6.75. The number of aryl methyl sites for hydroxylation is 1. The monoisotopic (exact) mass is 296 g/mol. The van der Waals surface area contributed by atoms with Gasteiger partial charge in [-0.2, -0.15) is 0 Å². The summed E-state index contributed by atoms with van der Waals surface area (Å²) in [6.07, 6.45) is 1.28. The van der Waals surface area contributed by atoms with Crippen molar-refractivity contribution in [1.29, 1.82) is 0 Å². The minimum absolute atomic E-state index is 0.348. The van der Waals surface area contributed by atoms with Crippen molar-refractivity contribution < 1.29 is 18.8 Å². The van der Waals surface area contributed by atoms with E-state index in [-0.39, 0.29) is 5.91 Å². The summed E-state index contributed by atoms with van der Waals surface area (Å²) in [5.74, 6) is 0.509. The summed E-state index contributed by atoms with van der Waals surface area (Å²) >= 11 is 6.00. The van der Waals surface area contributed by atoms with E-state index in [0.29, 0.717) is 33.5 Å². The Morgan fingerprint density at radius 3 is 2.55 bits per heavy atom. The van der Waals surface area contributed by atoms with Gasteiger partial charge in [-0.05, 0) is 6.92 Å². The van der Waals surface area contributed by atoms with Crippen LogP contribution in [0, 0.1) is 6.92 Å². The van der Waals surface area contributed by atoms with Crippen molar-refractivity contribution >= 4 is 23.2 Å². The fourth-order valence-corrected chi connectivity index (χ4v) is 1.89. The van der Waals surface area contributed by atoms with Gasteiger partial charge in [0.15, 0.2) is 0 Å². The standard InChI is InChI=1S/C13H13ClN2O4/c1-7-8(6-20-16-7)13(17)15-10-5-11(18-2)9(14)4-12(10)19-3/h4-6H,1-3H3,(H,15,17). The lowest BCUT2D eigenvalue weighted by Crippen LogP contribution is -2.13. The SMILES string of the molecule is COc1cc(NC(=O)c2conc2C)c(OC)cc1Cl. The number of halogens is 1. The van der Waals surface area contributed by atoms with Crippen molar-refractivity contribution in [3.05, 3.63) is 34.7 Å². The zero-order valence-corrected chi connectivity index (χ0v) is 11.9. The highest BCUT2D eigenvalue weighted by Crippen LogP contribution is 2.36. The van der Waals surface area contributed by atoms with Crippen LogP contribution in [-0.2, 0) is 0 Å². The fourth-order valence-electron chi connectivity index (χ4n) is 1.66. The second kappa shape index (κ2) is 5.83. The summed E-state index contributed by atoms with van der Waals surface area (Å²) in [7, 11) is 2.97. The van der Waals surface area contributed by atoms with Crippen molar-refractivity contribution in [3.63, 3.8) is 0 Å². The Bertz CT molecular complexity index is 639. The number of hydrogen-bond donors (Lipinski definition) is 1. The van der Waals surface area contributed by atoms with Crippen molar-refractivity contribution in [3.8, 4) is 11.5 Å². The quantitative estimate of drug-likeness (QED) is 0.939. The summed E-state index contributed by atoms with van der Waals surface area (Å²) in [5.41, 5.74) is 1.29. The zero-order chi connectivity index (χ0) is 14.7. The molecule has 20 heavy (non-hydrogen) atoms. The van der Waals surface area contributed by atoms with E-state index in [1.807, 2.05) is 0 Å². The van der Waals surface area contributed by atoms with Gasteiger partial charge in [-0.15, -0.1) is 0 Å². The number of benzene rings is 1. The summed E-state index contributed by atoms with van der Waals surface area (Å²) in [6.45, 7) is 1.68. The highest BCUT2D eigenvalue weighted by atomic mass is 35.5. The zero-order valence-electron chi connectivity index (χ0n) is 11.2. The Labute approximate surface area is 120 Å². The predicted octanol–water partition coefficient (Wildman–Crippen LogP) is 2.91. The van der Waals surface area contributed by atoms with Gasteiger partial charge in [0.2, 0.25) is 0 Å². The van der Waals surface area contributed by atoms with Gasteiger partial charge in [0, 0.05) is 12.1 Å². The maximum Gasteiger partial charge on any atom is 0.260 e. The number of hydrogen-bond acceptors (Lipinski definition) is 5. The number of nitrogens with one attached hydrogen (secondary N) is 1. The number of nitrogens with zero attached hydrogens (tertiary/aromatic N) is 1. The van der Waals surface area contributed by atoms with Crippen LogP contribution in [0.15, 0.2) is 22.9 Å². The molecule has 0 bridgehead atoms. The third kappa shape index (κ3) is 2.70. The normalized spacial score (nSPS) is 10.2. The van der Waals surface area contributed by atoms with E-state index in [1.54, 1.807) is 19.1 Å². The van der Waals surface area contributed by atoms with Gasteiger partial charge in [-0.1, -0.05) is 16.8 Å². The average molecular weight is 297 g/mol. The van der Waals surface area contributed by atoms with Crippen LogP contribution in [0.1, 0.15) is 16.1 Å². The second-order valence-electron chi connectivity index (χ2n) is 3.95. The Morgan fingerprint density at radius 2 is 2.00 bits per heavy atom. The van der Waals surface area contributed by atoms with Gasteiger partial charge in [0.05, 0.1) is 30.6 Å². The van der Waals surface area contributed by atoms with Gasteiger partial charge in [-0.3, -0.25) is 4.79 Å². The Kier molecular flexibility index (Phi) is 4.14. The smallest absolute Gasteiger partial charge is 0.260 e. The molecule has 0 unspecified atom stereocenters. The molecule has 0 saturated carbocycles. The summed E-state index contributed by atoms with van der Waals surface area (Å²) in [6, 6.07) is 3.15. The summed E-state index contributed by atoms with van der Waals surface area (Å²) < 4.78 is 15.0. The van der Waals surface area contributed by atoms with Crippen LogP contribution >= 0.6 is 11.6 Å². The molecule has 7 heteroatoms. The number of carbonyl (C=O) groups excluding carboxylic acids is 1. The summed E-state index contributed by atoms with van der Waals surface area (Å²) in [4.78, 5) is 12.1. The van der Waals surface area contributed by atoms with Crippen molar-refractivity contribution in [2.24, 2.45) is 0 Å². The lowest BCUT2D eigenvalue weighted by Gasteiger charge is -2.12.